The highest BCUT2D eigenvalue weighted by molar-refractivity contribution is 5.93. The number of amides is 2. The highest BCUT2D eigenvalue weighted by Crippen LogP contribution is 2.14. The van der Waals surface area contributed by atoms with Crippen LogP contribution in [0, 0.1) is 11.3 Å². The van der Waals surface area contributed by atoms with Crippen molar-refractivity contribution in [2.75, 3.05) is 18.9 Å². The Morgan fingerprint density at radius 3 is 2.33 bits per heavy atom. The largest absolute Gasteiger partial charge is 0.449 e. The van der Waals surface area contributed by atoms with E-state index in [-0.39, 0.29) is 24.4 Å². The Morgan fingerprint density at radius 1 is 1.22 bits per heavy atom. The van der Waals surface area contributed by atoms with E-state index in [2.05, 4.69) is 5.32 Å². The lowest BCUT2D eigenvalue weighted by atomic mass is 10.2. The van der Waals surface area contributed by atoms with Crippen molar-refractivity contribution in [3.63, 3.8) is 0 Å². The molecule has 0 aliphatic rings. The number of likely N-dealkylation sites (N-methyl/N-ethyl adjacent to an activating group) is 1. The third kappa shape index (κ3) is 7.77. The van der Waals surface area contributed by atoms with Gasteiger partial charge < -0.3 is 14.4 Å². The van der Waals surface area contributed by atoms with Gasteiger partial charge in [-0.3, -0.25) is 10.1 Å². The van der Waals surface area contributed by atoms with Crippen LogP contribution in [0.5, 0.6) is 0 Å². The monoisotopic (exact) mass is 375 g/mol. The van der Waals surface area contributed by atoms with E-state index in [9.17, 15) is 14.4 Å². The minimum atomic E-state index is -0.972. The van der Waals surface area contributed by atoms with E-state index in [4.69, 9.17) is 14.7 Å². The van der Waals surface area contributed by atoms with Crippen LogP contribution in [0.2, 0.25) is 0 Å². The van der Waals surface area contributed by atoms with Crippen molar-refractivity contribution in [3.05, 3.63) is 29.8 Å². The lowest BCUT2D eigenvalue weighted by Gasteiger charge is -2.20. The van der Waals surface area contributed by atoms with Crippen LogP contribution in [-0.4, -0.2) is 48.2 Å². The fraction of sp³-hybridized carbons (Fsp3) is 0.474. The number of hydrogen-bond donors (Lipinski definition) is 1. The predicted octanol–water partition coefficient (Wildman–Crippen LogP) is 2.95. The maximum absolute atomic E-state index is 12.2. The number of nitrogens with one attached hydrogen (secondary N) is 1. The minimum Gasteiger partial charge on any atom is -0.449 e. The molecule has 1 rings (SSSR count). The smallest absolute Gasteiger partial charge is 0.412 e. The van der Waals surface area contributed by atoms with Crippen LogP contribution < -0.4 is 5.32 Å². The predicted molar refractivity (Wildman–Crippen MR) is 99.0 cm³/mol. The summed E-state index contributed by atoms with van der Waals surface area (Å²) < 4.78 is 10.3. The van der Waals surface area contributed by atoms with Crippen LogP contribution in [-0.2, 0) is 14.3 Å². The molecule has 1 atom stereocenters. The fourth-order valence-corrected chi connectivity index (χ4v) is 2.03. The molecule has 0 spiro atoms. The summed E-state index contributed by atoms with van der Waals surface area (Å²) in [7, 11) is 1.54. The molecule has 8 heteroatoms. The summed E-state index contributed by atoms with van der Waals surface area (Å²) >= 11 is 0. The molecule has 0 saturated heterocycles. The van der Waals surface area contributed by atoms with Crippen LogP contribution in [0.4, 0.5) is 10.5 Å². The molecule has 1 aromatic rings. The minimum absolute atomic E-state index is 0.203. The maximum Gasteiger partial charge on any atom is 0.412 e. The van der Waals surface area contributed by atoms with Gasteiger partial charge in [-0.25, -0.2) is 9.59 Å². The summed E-state index contributed by atoms with van der Waals surface area (Å²) in [5.41, 5.74) is 0.0851. The van der Waals surface area contributed by atoms with Crippen molar-refractivity contribution in [2.45, 2.75) is 45.8 Å². The first-order chi connectivity index (χ1) is 12.5. The standard InChI is InChI=1S/C19H25N3O5/c1-13(16(23)22(5)12-6-11-20)26-17(24)14-7-9-15(10-8-14)21-18(25)27-19(2,3)4/h7-10,13H,6,12H2,1-5H3,(H,21,25)/t13-/m0/s1. The summed E-state index contributed by atoms with van der Waals surface area (Å²) in [6, 6.07) is 7.97. The number of anilines is 1. The molecule has 0 aromatic heterocycles. The van der Waals surface area contributed by atoms with E-state index >= 15 is 0 Å². The van der Waals surface area contributed by atoms with Gasteiger partial charge in [-0.15, -0.1) is 0 Å². The van der Waals surface area contributed by atoms with E-state index in [1.165, 1.54) is 36.1 Å². The Hall–Kier alpha value is -3.08. The topological polar surface area (TPSA) is 109 Å². The van der Waals surface area contributed by atoms with Gasteiger partial charge >= 0.3 is 12.1 Å². The lowest BCUT2D eigenvalue weighted by Crippen LogP contribution is -2.37. The molecular formula is C19H25N3O5. The molecule has 0 aliphatic carbocycles. The highest BCUT2D eigenvalue weighted by atomic mass is 16.6. The number of nitriles is 1. The Labute approximate surface area is 159 Å². The molecule has 1 N–H and O–H groups in total. The van der Waals surface area contributed by atoms with E-state index in [1.54, 1.807) is 27.8 Å². The van der Waals surface area contributed by atoms with Gasteiger partial charge in [-0.05, 0) is 52.0 Å². The average molecular weight is 375 g/mol. The Bertz CT molecular complexity index is 716. The third-order valence-corrected chi connectivity index (χ3v) is 3.33. The van der Waals surface area contributed by atoms with Crippen molar-refractivity contribution in [1.29, 1.82) is 5.26 Å². The summed E-state index contributed by atoms with van der Waals surface area (Å²) in [5.74, 6) is -1.05. The Kier molecular flexibility index (Phi) is 7.79. The number of rotatable bonds is 6. The maximum atomic E-state index is 12.2. The molecule has 0 aliphatic heterocycles. The SMILES string of the molecule is C[C@H](OC(=O)c1ccc(NC(=O)OC(C)(C)C)cc1)C(=O)N(C)CCC#N. The first kappa shape index (κ1) is 22.0. The fourth-order valence-electron chi connectivity index (χ4n) is 2.03. The van der Waals surface area contributed by atoms with Crippen LogP contribution in [0.25, 0.3) is 0 Å². The second-order valence-corrected chi connectivity index (χ2v) is 6.92. The average Bonchev–Trinajstić information content (AvgIpc) is 2.57. The van der Waals surface area contributed by atoms with Crippen molar-refractivity contribution in [1.82, 2.24) is 4.90 Å². The molecule has 0 unspecified atom stereocenters. The van der Waals surface area contributed by atoms with Crippen molar-refractivity contribution in [2.24, 2.45) is 0 Å². The molecule has 27 heavy (non-hydrogen) atoms. The molecule has 0 heterocycles. The molecule has 8 nitrogen and oxygen atoms in total. The number of esters is 1. The molecule has 0 radical (unpaired) electrons. The van der Waals surface area contributed by atoms with Gasteiger partial charge in [-0.2, -0.15) is 5.26 Å². The second-order valence-electron chi connectivity index (χ2n) is 6.92. The van der Waals surface area contributed by atoms with Gasteiger partial charge in [0, 0.05) is 19.3 Å². The van der Waals surface area contributed by atoms with E-state index in [1.807, 2.05) is 6.07 Å². The molecule has 0 fully saturated rings. The van der Waals surface area contributed by atoms with Gasteiger partial charge in [0.1, 0.15) is 5.60 Å². The normalized spacial score (nSPS) is 11.7. The lowest BCUT2D eigenvalue weighted by molar-refractivity contribution is -0.138. The van der Waals surface area contributed by atoms with Crippen LogP contribution in [0.3, 0.4) is 0 Å². The zero-order chi connectivity index (χ0) is 20.6. The first-order valence-electron chi connectivity index (χ1n) is 8.46. The van der Waals surface area contributed by atoms with Gasteiger partial charge in [0.05, 0.1) is 18.1 Å². The Morgan fingerprint density at radius 2 is 1.81 bits per heavy atom. The second kappa shape index (κ2) is 9.57. The molecule has 146 valence electrons. The van der Waals surface area contributed by atoms with Crippen LogP contribution >= 0.6 is 0 Å². The summed E-state index contributed by atoms with van der Waals surface area (Å²) in [6.45, 7) is 7.01. The zero-order valence-corrected chi connectivity index (χ0v) is 16.2. The molecule has 2 amide bonds. The van der Waals surface area contributed by atoms with Crippen LogP contribution in [0.1, 0.15) is 44.5 Å². The van der Waals surface area contributed by atoms with Gasteiger partial charge in [0.25, 0.3) is 5.91 Å². The number of benzene rings is 1. The van der Waals surface area contributed by atoms with Crippen LogP contribution in [0.15, 0.2) is 24.3 Å². The van der Waals surface area contributed by atoms with Gasteiger partial charge in [0.15, 0.2) is 6.10 Å². The first-order valence-corrected chi connectivity index (χ1v) is 8.46. The molecule has 0 bridgehead atoms. The van der Waals surface area contributed by atoms with Crippen molar-refractivity contribution < 1.29 is 23.9 Å². The van der Waals surface area contributed by atoms with E-state index in [0.717, 1.165) is 0 Å². The summed E-state index contributed by atoms with van der Waals surface area (Å²) in [5, 5.41) is 11.1. The number of nitrogens with zero attached hydrogens (tertiary/aromatic N) is 2. The van der Waals surface area contributed by atoms with Crippen molar-refractivity contribution in [3.8, 4) is 6.07 Å². The quantitative estimate of drug-likeness (QED) is 0.766. The van der Waals surface area contributed by atoms with Gasteiger partial charge in [0.2, 0.25) is 0 Å². The van der Waals surface area contributed by atoms with Gasteiger partial charge in [-0.1, -0.05) is 0 Å². The molecule has 0 saturated carbocycles. The van der Waals surface area contributed by atoms with Crippen molar-refractivity contribution >= 4 is 23.7 Å². The highest BCUT2D eigenvalue weighted by Gasteiger charge is 2.22. The number of hydrogen-bond acceptors (Lipinski definition) is 6. The summed E-state index contributed by atoms with van der Waals surface area (Å²) in [4.78, 5) is 37.3. The number of carbonyl (C=O) groups excluding carboxylic acids is 3. The Balaban J connectivity index is 2.62. The molecular weight excluding hydrogens is 350 g/mol. The van der Waals surface area contributed by atoms with E-state index in [0.29, 0.717) is 5.69 Å². The number of ether oxygens (including phenoxy) is 2. The molecule has 1 aromatic carbocycles. The number of carbonyl (C=O) groups is 3. The zero-order valence-electron chi connectivity index (χ0n) is 16.2. The van der Waals surface area contributed by atoms with E-state index < -0.39 is 23.8 Å². The third-order valence-electron chi connectivity index (χ3n) is 3.33. The summed E-state index contributed by atoms with van der Waals surface area (Å²) in [6.07, 6.45) is -1.37.